The molecule has 6 heteroatoms. The minimum absolute atomic E-state index is 0.0873. The fourth-order valence-electron chi connectivity index (χ4n) is 3.28. The molecule has 0 saturated carbocycles. The van der Waals surface area contributed by atoms with Crippen LogP contribution in [0.1, 0.15) is 22.3 Å². The maximum absolute atomic E-state index is 12.6. The molecular weight excluding hydrogens is 316 g/mol. The number of carbonyl (C=O) groups is 2. The minimum Gasteiger partial charge on any atom is -0.343 e. The number of amides is 1. The van der Waals surface area contributed by atoms with E-state index in [9.17, 15) is 9.59 Å². The van der Waals surface area contributed by atoms with Crippen LogP contribution >= 0.6 is 0 Å². The molecule has 2 N–H and O–H groups in total. The highest BCUT2D eigenvalue weighted by atomic mass is 16.2. The van der Waals surface area contributed by atoms with Crippen LogP contribution in [-0.2, 0) is 4.79 Å². The van der Waals surface area contributed by atoms with E-state index >= 15 is 0 Å². The van der Waals surface area contributed by atoms with Gasteiger partial charge in [0.05, 0.1) is 17.5 Å². The maximum Gasteiger partial charge on any atom is 0.247 e. The summed E-state index contributed by atoms with van der Waals surface area (Å²) < 4.78 is 1.54. The standard InChI is InChI=1S/C19H18N4O2/c1-11-7-12(2)9-13(8-11)20-18(25)15-10-17(24)23-16-6-4-3-5-14(16)21-19(23)22-15/h3-9,15H,10H2,1-2H3,(H,20,25)(H,21,22)/t15-/m1/s1. The van der Waals surface area contributed by atoms with Gasteiger partial charge in [-0.05, 0) is 49.2 Å². The van der Waals surface area contributed by atoms with Gasteiger partial charge in [-0.25, -0.2) is 9.55 Å². The van der Waals surface area contributed by atoms with Crippen LogP contribution in [0.4, 0.5) is 11.6 Å². The summed E-state index contributed by atoms with van der Waals surface area (Å²) in [6.45, 7) is 3.96. The zero-order valence-corrected chi connectivity index (χ0v) is 14.0. The van der Waals surface area contributed by atoms with Crippen molar-refractivity contribution in [1.29, 1.82) is 0 Å². The minimum atomic E-state index is -0.641. The highest BCUT2D eigenvalue weighted by Crippen LogP contribution is 2.25. The second-order valence-corrected chi connectivity index (χ2v) is 6.42. The van der Waals surface area contributed by atoms with Gasteiger partial charge >= 0.3 is 0 Å². The van der Waals surface area contributed by atoms with Gasteiger partial charge in [0, 0.05) is 5.69 Å². The second-order valence-electron chi connectivity index (χ2n) is 6.42. The number of nitrogens with one attached hydrogen (secondary N) is 2. The van der Waals surface area contributed by atoms with Crippen LogP contribution < -0.4 is 10.6 Å². The van der Waals surface area contributed by atoms with Crippen molar-refractivity contribution >= 4 is 34.5 Å². The Labute approximate surface area is 144 Å². The van der Waals surface area contributed by atoms with E-state index in [0.29, 0.717) is 5.95 Å². The van der Waals surface area contributed by atoms with E-state index in [1.807, 2.05) is 56.3 Å². The van der Waals surface area contributed by atoms with Crippen LogP contribution in [0.5, 0.6) is 0 Å². The van der Waals surface area contributed by atoms with Crippen LogP contribution in [-0.4, -0.2) is 27.4 Å². The summed E-state index contributed by atoms with van der Waals surface area (Å²) in [5.41, 5.74) is 4.36. The molecule has 0 unspecified atom stereocenters. The Morgan fingerprint density at radius 1 is 1.20 bits per heavy atom. The van der Waals surface area contributed by atoms with E-state index < -0.39 is 6.04 Å². The molecule has 25 heavy (non-hydrogen) atoms. The Balaban J connectivity index is 1.60. The van der Waals surface area contributed by atoms with E-state index in [1.54, 1.807) is 0 Å². The van der Waals surface area contributed by atoms with E-state index in [1.165, 1.54) is 4.57 Å². The molecule has 0 radical (unpaired) electrons. The average Bonchev–Trinajstić information content (AvgIpc) is 2.92. The summed E-state index contributed by atoms with van der Waals surface area (Å²) in [5.74, 6) is 0.0395. The number of aryl methyl sites for hydroxylation is 2. The topological polar surface area (TPSA) is 76.0 Å². The van der Waals surface area contributed by atoms with Crippen molar-refractivity contribution in [3.8, 4) is 0 Å². The fraction of sp³-hybridized carbons (Fsp3) is 0.211. The predicted octanol–water partition coefficient (Wildman–Crippen LogP) is 3.12. The highest BCUT2D eigenvalue weighted by molar-refractivity contribution is 6.04. The zero-order valence-electron chi connectivity index (χ0n) is 14.0. The molecule has 0 fully saturated rings. The van der Waals surface area contributed by atoms with E-state index in [4.69, 9.17) is 0 Å². The Morgan fingerprint density at radius 2 is 1.92 bits per heavy atom. The molecule has 0 aliphatic carbocycles. The number of anilines is 2. The molecule has 6 nitrogen and oxygen atoms in total. The highest BCUT2D eigenvalue weighted by Gasteiger charge is 2.31. The number of para-hydroxylation sites is 2. The van der Waals surface area contributed by atoms with Crippen LogP contribution in [0.25, 0.3) is 11.0 Å². The van der Waals surface area contributed by atoms with Crippen molar-refractivity contribution in [2.75, 3.05) is 10.6 Å². The number of imidazole rings is 1. The first-order valence-corrected chi connectivity index (χ1v) is 8.17. The van der Waals surface area contributed by atoms with Gasteiger partial charge in [-0.2, -0.15) is 0 Å². The Hall–Kier alpha value is -3.15. The smallest absolute Gasteiger partial charge is 0.247 e. The molecular formula is C19H18N4O2. The number of nitrogens with zero attached hydrogens (tertiary/aromatic N) is 2. The lowest BCUT2D eigenvalue weighted by Crippen LogP contribution is -2.42. The number of hydrogen-bond donors (Lipinski definition) is 2. The quantitative estimate of drug-likeness (QED) is 0.755. The molecule has 4 rings (SSSR count). The third kappa shape index (κ3) is 2.76. The summed E-state index contributed by atoms with van der Waals surface area (Å²) in [6, 6.07) is 12.6. The van der Waals surface area contributed by atoms with Crippen molar-refractivity contribution in [3.63, 3.8) is 0 Å². The van der Waals surface area contributed by atoms with Gasteiger partial charge in [0.15, 0.2) is 0 Å². The molecule has 3 aromatic rings. The number of rotatable bonds is 2. The van der Waals surface area contributed by atoms with Gasteiger partial charge in [-0.1, -0.05) is 18.2 Å². The van der Waals surface area contributed by atoms with Gasteiger partial charge in [0.1, 0.15) is 6.04 Å². The van der Waals surface area contributed by atoms with Gasteiger partial charge in [0.25, 0.3) is 0 Å². The molecule has 0 saturated heterocycles. The molecule has 126 valence electrons. The largest absolute Gasteiger partial charge is 0.343 e. The van der Waals surface area contributed by atoms with Gasteiger partial charge in [-0.15, -0.1) is 0 Å². The summed E-state index contributed by atoms with van der Waals surface area (Å²) in [5, 5.41) is 5.97. The third-order valence-electron chi connectivity index (χ3n) is 4.30. The molecule has 2 heterocycles. The number of carbonyl (C=O) groups excluding carboxylic acids is 2. The summed E-state index contributed by atoms with van der Waals surface area (Å²) in [7, 11) is 0. The van der Waals surface area contributed by atoms with Crippen molar-refractivity contribution < 1.29 is 9.59 Å². The summed E-state index contributed by atoms with van der Waals surface area (Å²) in [6.07, 6.45) is 0.0873. The van der Waals surface area contributed by atoms with Crippen LogP contribution in [0.2, 0.25) is 0 Å². The number of aromatic nitrogens is 2. The van der Waals surface area contributed by atoms with Crippen molar-refractivity contribution in [2.24, 2.45) is 0 Å². The third-order valence-corrected chi connectivity index (χ3v) is 4.30. The lowest BCUT2D eigenvalue weighted by atomic mass is 10.1. The molecule has 1 atom stereocenters. The predicted molar refractivity (Wildman–Crippen MR) is 96.9 cm³/mol. The van der Waals surface area contributed by atoms with Crippen molar-refractivity contribution in [2.45, 2.75) is 26.3 Å². The number of fused-ring (bicyclic) bond motifs is 3. The molecule has 0 spiro atoms. The first-order chi connectivity index (χ1) is 12.0. The lowest BCUT2D eigenvalue weighted by Gasteiger charge is -2.24. The normalized spacial score (nSPS) is 16.4. The summed E-state index contributed by atoms with van der Waals surface area (Å²) in [4.78, 5) is 29.6. The van der Waals surface area contributed by atoms with Crippen LogP contribution in [0, 0.1) is 13.8 Å². The van der Waals surface area contributed by atoms with Gasteiger partial charge in [0.2, 0.25) is 17.8 Å². The molecule has 0 bridgehead atoms. The Kier molecular flexibility index (Phi) is 3.53. The van der Waals surface area contributed by atoms with Crippen molar-refractivity contribution in [1.82, 2.24) is 9.55 Å². The van der Waals surface area contributed by atoms with E-state index in [-0.39, 0.29) is 18.2 Å². The molecule has 1 aromatic heterocycles. The van der Waals surface area contributed by atoms with Crippen LogP contribution in [0.15, 0.2) is 42.5 Å². The SMILES string of the molecule is Cc1cc(C)cc(NC(=O)[C@H]2CC(=O)n3c(nc4ccccc43)N2)c1. The van der Waals surface area contributed by atoms with E-state index in [0.717, 1.165) is 27.8 Å². The monoisotopic (exact) mass is 334 g/mol. The fourth-order valence-corrected chi connectivity index (χ4v) is 3.28. The maximum atomic E-state index is 12.6. The van der Waals surface area contributed by atoms with Gasteiger partial charge < -0.3 is 10.6 Å². The van der Waals surface area contributed by atoms with Gasteiger partial charge in [-0.3, -0.25) is 9.59 Å². The van der Waals surface area contributed by atoms with Crippen molar-refractivity contribution in [3.05, 3.63) is 53.6 Å². The Bertz CT molecular complexity index is 986. The zero-order chi connectivity index (χ0) is 17.6. The average molecular weight is 334 g/mol. The van der Waals surface area contributed by atoms with E-state index in [2.05, 4.69) is 15.6 Å². The lowest BCUT2D eigenvalue weighted by molar-refractivity contribution is -0.117. The molecule has 1 amide bonds. The number of hydrogen-bond acceptors (Lipinski definition) is 4. The second kappa shape index (κ2) is 5.73. The molecule has 1 aliphatic heterocycles. The first-order valence-electron chi connectivity index (χ1n) is 8.17. The number of benzene rings is 2. The summed E-state index contributed by atoms with van der Waals surface area (Å²) >= 11 is 0. The molecule has 2 aromatic carbocycles. The Morgan fingerprint density at radius 3 is 2.68 bits per heavy atom. The van der Waals surface area contributed by atoms with Crippen LogP contribution in [0.3, 0.4) is 0 Å². The first kappa shape index (κ1) is 15.4. The molecule has 1 aliphatic rings.